The molecule has 1 aliphatic carbocycles. The molecule has 2 rings (SSSR count). The van der Waals surface area contributed by atoms with E-state index in [1.165, 1.54) is 16.9 Å². The monoisotopic (exact) mass is 252 g/mol. The largest absolute Gasteiger partial charge is 0.351 e. The highest BCUT2D eigenvalue weighted by Gasteiger charge is 2.17. The normalized spacial score (nSPS) is 13.7. The first-order chi connectivity index (χ1) is 8.31. The van der Waals surface area contributed by atoms with E-state index < -0.39 is 0 Å². The molecule has 0 spiro atoms. The van der Waals surface area contributed by atoms with Crippen LogP contribution in [0.3, 0.4) is 0 Å². The van der Waals surface area contributed by atoms with Crippen molar-refractivity contribution < 1.29 is 4.79 Å². The smallest absolute Gasteiger partial charge is 0.261 e. The van der Waals surface area contributed by atoms with Gasteiger partial charge < -0.3 is 10.6 Å². The van der Waals surface area contributed by atoms with Gasteiger partial charge in [-0.1, -0.05) is 6.92 Å². The maximum absolute atomic E-state index is 11.9. The third kappa shape index (κ3) is 3.30. The summed E-state index contributed by atoms with van der Waals surface area (Å²) in [6.07, 6.45) is 4.56. The predicted molar refractivity (Wildman–Crippen MR) is 71.8 cm³/mol. The molecule has 4 heteroatoms. The first kappa shape index (κ1) is 12.6. The number of rotatable bonds is 6. The fourth-order valence-corrected chi connectivity index (χ4v) is 3.29. The molecule has 2 N–H and O–H groups in total. The van der Waals surface area contributed by atoms with Crippen molar-refractivity contribution in [1.29, 1.82) is 0 Å². The summed E-state index contributed by atoms with van der Waals surface area (Å²) >= 11 is 1.67. The Bertz CT molecular complexity index is 365. The molecule has 0 aliphatic heterocycles. The van der Waals surface area contributed by atoms with Crippen LogP contribution in [0.5, 0.6) is 0 Å². The van der Waals surface area contributed by atoms with E-state index in [9.17, 15) is 4.79 Å². The van der Waals surface area contributed by atoms with Crippen LogP contribution in [0.25, 0.3) is 0 Å². The fourth-order valence-electron chi connectivity index (χ4n) is 2.12. The van der Waals surface area contributed by atoms with Gasteiger partial charge in [0, 0.05) is 11.4 Å². The third-order valence-corrected chi connectivity index (χ3v) is 4.27. The van der Waals surface area contributed by atoms with Crippen LogP contribution in [0.15, 0.2) is 6.07 Å². The first-order valence-electron chi connectivity index (χ1n) is 6.41. The minimum absolute atomic E-state index is 0.0981. The maximum atomic E-state index is 11.9. The van der Waals surface area contributed by atoms with Crippen molar-refractivity contribution in [2.24, 2.45) is 0 Å². The summed E-state index contributed by atoms with van der Waals surface area (Å²) < 4.78 is 0. The minimum atomic E-state index is 0.0981. The molecule has 17 heavy (non-hydrogen) atoms. The number of amides is 1. The van der Waals surface area contributed by atoms with Crippen LogP contribution in [-0.4, -0.2) is 25.5 Å². The number of aryl methyl sites for hydroxylation is 2. The standard InChI is InChI=1S/C13H20N2OS/c1-2-14-7-4-8-15-13(16)12-9-10-5-3-6-11(10)17-12/h9,14H,2-8H2,1H3,(H,15,16). The number of thiophene rings is 1. The van der Waals surface area contributed by atoms with Gasteiger partial charge in [0.2, 0.25) is 0 Å². The molecule has 1 aromatic heterocycles. The lowest BCUT2D eigenvalue weighted by Gasteiger charge is -2.03. The van der Waals surface area contributed by atoms with Crippen molar-refractivity contribution in [3.63, 3.8) is 0 Å². The molecular weight excluding hydrogens is 232 g/mol. The van der Waals surface area contributed by atoms with Gasteiger partial charge in [0.05, 0.1) is 4.88 Å². The third-order valence-electron chi connectivity index (χ3n) is 3.04. The van der Waals surface area contributed by atoms with Crippen LogP contribution in [0.2, 0.25) is 0 Å². The summed E-state index contributed by atoms with van der Waals surface area (Å²) in [6, 6.07) is 2.08. The van der Waals surface area contributed by atoms with E-state index in [1.807, 2.05) is 0 Å². The van der Waals surface area contributed by atoms with Crippen LogP contribution in [0, 0.1) is 0 Å². The molecule has 0 saturated heterocycles. The predicted octanol–water partition coefficient (Wildman–Crippen LogP) is 1.97. The van der Waals surface area contributed by atoms with Crippen LogP contribution >= 0.6 is 11.3 Å². The van der Waals surface area contributed by atoms with Gasteiger partial charge in [0.1, 0.15) is 0 Å². The summed E-state index contributed by atoms with van der Waals surface area (Å²) in [5.41, 5.74) is 1.40. The Kier molecular flexibility index (Phi) is 4.57. The van der Waals surface area contributed by atoms with Gasteiger partial charge in [-0.25, -0.2) is 0 Å². The maximum Gasteiger partial charge on any atom is 0.261 e. The fraction of sp³-hybridized carbons (Fsp3) is 0.615. The number of hydrogen-bond donors (Lipinski definition) is 2. The topological polar surface area (TPSA) is 41.1 Å². The van der Waals surface area contributed by atoms with E-state index in [4.69, 9.17) is 0 Å². The molecule has 0 aromatic carbocycles. The molecule has 0 bridgehead atoms. The van der Waals surface area contributed by atoms with Gasteiger partial charge in [-0.3, -0.25) is 4.79 Å². The SMILES string of the molecule is CCNCCCNC(=O)c1cc2c(s1)CCC2. The van der Waals surface area contributed by atoms with Gasteiger partial charge in [-0.05, 0) is 50.4 Å². The van der Waals surface area contributed by atoms with Crippen molar-refractivity contribution in [2.45, 2.75) is 32.6 Å². The Morgan fingerprint density at radius 3 is 3.06 bits per heavy atom. The van der Waals surface area contributed by atoms with Gasteiger partial charge in [0.15, 0.2) is 0 Å². The summed E-state index contributed by atoms with van der Waals surface area (Å²) in [7, 11) is 0. The molecule has 3 nitrogen and oxygen atoms in total. The highest BCUT2D eigenvalue weighted by atomic mass is 32.1. The first-order valence-corrected chi connectivity index (χ1v) is 7.23. The highest BCUT2D eigenvalue weighted by Crippen LogP contribution is 2.30. The average molecular weight is 252 g/mol. The van der Waals surface area contributed by atoms with Gasteiger partial charge in [0.25, 0.3) is 5.91 Å². The Morgan fingerprint density at radius 1 is 1.41 bits per heavy atom. The van der Waals surface area contributed by atoms with E-state index in [2.05, 4.69) is 23.6 Å². The average Bonchev–Trinajstić information content (AvgIpc) is 2.88. The number of carbonyl (C=O) groups excluding carboxylic acids is 1. The second kappa shape index (κ2) is 6.17. The molecule has 1 aliphatic rings. The van der Waals surface area contributed by atoms with Crippen LogP contribution < -0.4 is 10.6 Å². The van der Waals surface area contributed by atoms with Crippen LogP contribution in [0.4, 0.5) is 0 Å². The van der Waals surface area contributed by atoms with Crippen molar-refractivity contribution >= 4 is 17.2 Å². The number of fused-ring (bicyclic) bond motifs is 1. The summed E-state index contributed by atoms with van der Waals surface area (Å²) in [4.78, 5) is 14.2. The molecule has 1 amide bonds. The Labute approximate surface area is 107 Å². The molecule has 94 valence electrons. The van der Waals surface area contributed by atoms with Gasteiger partial charge in [-0.15, -0.1) is 11.3 Å². The molecule has 0 radical (unpaired) electrons. The lowest BCUT2D eigenvalue weighted by atomic mass is 10.2. The Morgan fingerprint density at radius 2 is 2.29 bits per heavy atom. The minimum Gasteiger partial charge on any atom is -0.351 e. The number of carbonyl (C=O) groups is 1. The Balaban J connectivity index is 1.75. The second-order valence-electron chi connectivity index (χ2n) is 4.38. The van der Waals surface area contributed by atoms with Gasteiger partial charge in [-0.2, -0.15) is 0 Å². The molecule has 0 atom stereocenters. The number of hydrogen-bond acceptors (Lipinski definition) is 3. The summed E-state index contributed by atoms with van der Waals surface area (Å²) in [6.45, 7) is 4.81. The van der Waals surface area contributed by atoms with Crippen LogP contribution in [0.1, 0.15) is 39.9 Å². The van der Waals surface area contributed by atoms with E-state index in [-0.39, 0.29) is 5.91 Å². The quantitative estimate of drug-likeness (QED) is 0.760. The second-order valence-corrected chi connectivity index (χ2v) is 5.51. The van der Waals surface area contributed by atoms with E-state index in [0.29, 0.717) is 0 Å². The van der Waals surface area contributed by atoms with E-state index in [1.54, 1.807) is 11.3 Å². The van der Waals surface area contributed by atoms with E-state index >= 15 is 0 Å². The molecule has 0 fully saturated rings. The van der Waals surface area contributed by atoms with E-state index in [0.717, 1.165) is 43.8 Å². The molecule has 0 saturated carbocycles. The zero-order valence-electron chi connectivity index (χ0n) is 10.3. The zero-order chi connectivity index (χ0) is 12.1. The van der Waals surface area contributed by atoms with Crippen LogP contribution in [-0.2, 0) is 12.8 Å². The molecule has 1 heterocycles. The van der Waals surface area contributed by atoms with Crippen molar-refractivity contribution in [3.05, 3.63) is 21.4 Å². The lowest BCUT2D eigenvalue weighted by molar-refractivity contribution is 0.0957. The summed E-state index contributed by atoms with van der Waals surface area (Å²) in [5, 5.41) is 6.22. The van der Waals surface area contributed by atoms with Crippen molar-refractivity contribution in [1.82, 2.24) is 10.6 Å². The zero-order valence-corrected chi connectivity index (χ0v) is 11.2. The number of nitrogens with one attached hydrogen (secondary N) is 2. The summed E-state index contributed by atoms with van der Waals surface area (Å²) in [5.74, 6) is 0.0981. The Hall–Kier alpha value is -0.870. The lowest BCUT2D eigenvalue weighted by Crippen LogP contribution is -2.26. The molecule has 1 aromatic rings. The molecule has 0 unspecified atom stereocenters. The highest BCUT2D eigenvalue weighted by molar-refractivity contribution is 7.14. The van der Waals surface area contributed by atoms with Gasteiger partial charge >= 0.3 is 0 Å². The van der Waals surface area contributed by atoms with Crippen molar-refractivity contribution in [3.8, 4) is 0 Å². The van der Waals surface area contributed by atoms with Crippen molar-refractivity contribution in [2.75, 3.05) is 19.6 Å². The molecular formula is C13H20N2OS.